The van der Waals surface area contributed by atoms with Crippen molar-refractivity contribution >= 4 is 61.9 Å². The van der Waals surface area contributed by atoms with Gasteiger partial charge in [0.1, 0.15) is 0 Å². The topological polar surface area (TPSA) is 29.1 Å². The Morgan fingerprint density at radius 2 is 1.75 bits per heavy atom. The Labute approximate surface area is 145 Å². The number of nitrogens with one attached hydrogen (secondary N) is 1. The van der Waals surface area contributed by atoms with Gasteiger partial charge in [-0.1, -0.05) is 28.1 Å². The van der Waals surface area contributed by atoms with E-state index in [2.05, 4.69) is 56.0 Å². The fraction of sp³-hybridized carbons (Fsp3) is 0.133. The number of benzene rings is 2. The number of hydrogen-bond acceptors (Lipinski definition) is 2. The van der Waals surface area contributed by atoms with Crippen molar-refractivity contribution in [2.24, 2.45) is 0 Å². The summed E-state index contributed by atoms with van der Waals surface area (Å²) in [6.45, 7) is 0. The van der Waals surface area contributed by atoms with Crippen LogP contribution in [0.1, 0.15) is 5.56 Å². The van der Waals surface area contributed by atoms with Crippen LogP contribution >= 0.6 is 50.3 Å². The summed E-state index contributed by atoms with van der Waals surface area (Å²) in [6, 6.07) is 15.9. The van der Waals surface area contributed by atoms with Gasteiger partial charge >= 0.3 is 0 Å². The monoisotopic (exact) mass is 461 g/mol. The summed E-state index contributed by atoms with van der Waals surface area (Å²) in [5.74, 6) is 1.34. The van der Waals surface area contributed by atoms with E-state index in [9.17, 15) is 4.79 Å². The minimum absolute atomic E-state index is 0.0355. The predicted molar refractivity (Wildman–Crippen MR) is 98.1 cm³/mol. The van der Waals surface area contributed by atoms with Crippen LogP contribution in [-0.4, -0.2) is 11.7 Å². The lowest BCUT2D eigenvalue weighted by Crippen LogP contribution is -2.14. The Bertz CT molecular complexity index is 571. The summed E-state index contributed by atoms with van der Waals surface area (Å²) in [5.41, 5.74) is 2.07. The minimum atomic E-state index is 0.0355. The van der Waals surface area contributed by atoms with E-state index >= 15 is 0 Å². The van der Waals surface area contributed by atoms with Crippen LogP contribution in [0.15, 0.2) is 53.0 Å². The molecular weight excluding hydrogens is 449 g/mol. The molecule has 0 bridgehead atoms. The van der Waals surface area contributed by atoms with E-state index in [1.54, 1.807) is 11.8 Å². The number of carbonyl (C=O) groups is 1. The van der Waals surface area contributed by atoms with Crippen LogP contribution in [0, 0.1) is 3.57 Å². The van der Waals surface area contributed by atoms with Crippen LogP contribution in [0.25, 0.3) is 0 Å². The Morgan fingerprint density at radius 3 is 2.40 bits per heavy atom. The molecule has 0 radical (unpaired) electrons. The summed E-state index contributed by atoms with van der Waals surface area (Å²) in [4.78, 5) is 11.8. The molecule has 1 N–H and O–H groups in total. The first-order valence-corrected chi connectivity index (χ1v) is 9.04. The molecule has 0 aliphatic heterocycles. The van der Waals surface area contributed by atoms with E-state index in [4.69, 9.17) is 0 Å². The summed E-state index contributed by atoms with van der Waals surface area (Å²) < 4.78 is 2.23. The van der Waals surface area contributed by atoms with Crippen molar-refractivity contribution in [3.05, 3.63) is 62.1 Å². The van der Waals surface area contributed by atoms with Crippen molar-refractivity contribution in [3.63, 3.8) is 0 Å². The molecule has 20 heavy (non-hydrogen) atoms. The highest BCUT2D eigenvalue weighted by molar-refractivity contribution is 14.1. The summed E-state index contributed by atoms with van der Waals surface area (Å²) in [5, 5.41) is 2.89. The van der Waals surface area contributed by atoms with Crippen LogP contribution < -0.4 is 5.32 Å². The molecule has 2 aromatic carbocycles. The van der Waals surface area contributed by atoms with Gasteiger partial charge in [0.05, 0.1) is 5.75 Å². The highest BCUT2D eigenvalue weighted by atomic mass is 127. The van der Waals surface area contributed by atoms with E-state index in [0.717, 1.165) is 19.5 Å². The van der Waals surface area contributed by atoms with Crippen molar-refractivity contribution in [3.8, 4) is 0 Å². The quantitative estimate of drug-likeness (QED) is 0.640. The zero-order valence-electron chi connectivity index (χ0n) is 10.6. The number of halogens is 2. The largest absolute Gasteiger partial charge is 0.325 e. The molecule has 2 nitrogen and oxygen atoms in total. The summed E-state index contributed by atoms with van der Waals surface area (Å²) >= 11 is 7.26. The third kappa shape index (κ3) is 5.46. The second-order valence-electron chi connectivity index (χ2n) is 4.17. The molecule has 0 aliphatic carbocycles. The van der Waals surface area contributed by atoms with E-state index in [1.807, 2.05) is 36.4 Å². The minimum Gasteiger partial charge on any atom is -0.325 e. The van der Waals surface area contributed by atoms with Crippen LogP contribution in [0.4, 0.5) is 5.69 Å². The number of hydrogen-bond donors (Lipinski definition) is 1. The third-order valence-electron chi connectivity index (χ3n) is 2.54. The molecule has 0 atom stereocenters. The predicted octanol–water partition coefficient (Wildman–Crippen LogP) is 4.93. The number of rotatable bonds is 5. The molecule has 0 fully saturated rings. The fourth-order valence-corrected chi connectivity index (χ4v) is 2.98. The first-order chi connectivity index (χ1) is 9.63. The molecule has 1 amide bonds. The van der Waals surface area contributed by atoms with Crippen LogP contribution in [-0.2, 0) is 10.5 Å². The second kappa shape index (κ2) is 8.05. The Balaban J connectivity index is 1.75. The van der Waals surface area contributed by atoms with Crippen LogP contribution in [0.2, 0.25) is 0 Å². The van der Waals surface area contributed by atoms with E-state index < -0.39 is 0 Å². The van der Waals surface area contributed by atoms with Gasteiger partial charge in [-0.2, -0.15) is 0 Å². The molecule has 0 saturated heterocycles. The highest BCUT2D eigenvalue weighted by Gasteiger charge is 2.03. The van der Waals surface area contributed by atoms with Crippen LogP contribution in [0.3, 0.4) is 0 Å². The van der Waals surface area contributed by atoms with Gasteiger partial charge in [0.15, 0.2) is 0 Å². The normalized spacial score (nSPS) is 10.3. The van der Waals surface area contributed by atoms with Crippen molar-refractivity contribution in [1.29, 1.82) is 0 Å². The average molecular weight is 462 g/mol. The zero-order valence-corrected chi connectivity index (χ0v) is 15.2. The highest BCUT2D eigenvalue weighted by Crippen LogP contribution is 2.16. The molecule has 104 valence electrons. The van der Waals surface area contributed by atoms with E-state index in [-0.39, 0.29) is 5.91 Å². The van der Waals surface area contributed by atoms with Crippen molar-refractivity contribution < 1.29 is 4.79 Å². The smallest absolute Gasteiger partial charge is 0.234 e. The van der Waals surface area contributed by atoms with Gasteiger partial charge in [-0.3, -0.25) is 4.79 Å². The molecule has 0 saturated carbocycles. The molecule has 0 spiro atoms. The van der Waals surface area contributed by atoms with Crippen molar-refractivity contribution in [2.75, 3.05) is 11.1 Å². The SMILES string of the molecule is O=C(CSCc1ccc(Br)cc1)Nc1ccc(I)cc1. The molecule has 0 aromatic heterocycles. The van der Waals surface area contributed by atoms with Crippen molar-refractivity contribution in [1.82, 2.24) is 0 Å². The number of amides is 1. The standard InChI is InChI=1S/C15H13BrINOS/c16-12-3-1-11(2-4-12)9-20-10-15(19)18-14-7-5-13(17)6-8-14/h1-8H,9-10H2,(H,18,19). The van der Waals surface area contributed by atoms with Gasteiger partial charge in [-0.25, -0.2) is 0 Å². The summed E-state index contributed by atoms with van der Waals surface area (Å²) in [6.07, 6.45) is 0. The van der Waals surface area contributed by atoms with Gasteiger partial charge in [0.25, 0.3) is 0 Å². The summed E-state index contributed by atoms with van der Waals surface area (Å²) in [7, 11) is 0. The first-order valence-electron chi connectivity index (χ1n) is 6.01. The van der Waals surface area contributed by atoms with E-state index in [0.29, 0.717) is 5.75 Å². The number of thioether (sulfide) groups is 1. The molecular formula is C15H13BrINOS. The molecule has 2 rings (SSSR count). The average Bonchev–Trinajstić information content (AvgIpc) is 2.44. The van der Waals surface area contributed by atoms with Gasteiger partial charge in [-0.15, -0.1) is 11.8 Å². The first kappa shape index (κ1) is 15.9. The van der Waals surface area contributed by atoms with Gasteiger partial charge in [0, 0.05) is 19.5 Å². The Kier molecular flexibility index (Phi) is 6.38. The maximum atomic E-state index is 11.8. The maximum absolute atomic E-state index is 11.8. The molecule has 0 heterocycles. The Morgan fingerprint density at radius 1 is 1.10 bits per heavy atom. The molecule has 2 aromatic rings. The van der Waals surface area contributed by atoms with Gasteiger partial charge < -0.3 is 5.32 Å². The Hall–Kier alpha value is -0.530. The fourth-order valence-electron chi connectivity index (χ4n) is 1.57. The number of anilines is 1. The lowest BCUT2D eigenvalue weighted by Gasteiger charge is -2.05. The lowest BCUT2D eigenvalue weighted by molar-refractivity contribution is -0.113. The lowest BCUT2D eigenvalue weighted by atomic mass is 10.2. The number of carbonyl (C=O) groups excluding carboxylic acids is 1. The molecule has 0 aliphatic rings. The molecule has 0 unspecified atom stereocenters. The third-order valence-corrected chi connectivity index (χ3v) is 4.79. The van der Waals surface area contributed by atoms with Gasteiger partial charge in [0.2, 0.25) is 5.91 Å². The molecule has 5 heteroatoms. The zero-order chi connectivity index (χ0) is 14.4. The maximum Gasteiger partial charge on any atom is 0.234 e. The van der Waals surface area contributed by atoms with Gasteiger partial charge in [-0.05, 0) is 64.6 Å². The van der Waals surface area contributed by atoms with E-state index in [1.165, 1.54) is 5.56 Å². The second-order valence-corrected chi connectivity index (χ2v) is 7.32. The van der Waals surface area contributed by atoms with Crippen molar-refractivity contribution in [2.45, 2.75) is 5.75 Å². The van der Waals surface area contributed by atoms with Crippen LogP contribution in [0.5, 0.6) is 0 Å².